The third-order valence-electron chi connectivity index (χ3n) is 2.79. The molecule has 1 rings (SSSR count). The largest absolute Gasteiger partial charge is 0.482 e. The maximum atomic E-state index is 11.5. The molecule has 0 aliphatic carbocycles. The Morgan fingerprint density at radius 1 is 1.12 bits per heavy atom. The van der Waals surface area contributed by atoms with Gasteiger partial charge in [-0.1, -0.05) is 29.8 Å². The van der Waals surface area contributed by atoms with Crippen LogP contribution in [0.1, 0.15) is 20.3 Å². The lowest BCUT2D eigenvalue weighted by Gasteiger charge is -2.09. The highest BCUT2D eigenvalue weighted by molar-refractivity contribution is 9.10. The normalized spacial score (nSPS) is 10.2. The zero-order valence-corrected chi connectivity index (χ0v) is 15.2. The van der Waals surface area contributed by atoms with Crippen molar-refractivity contribution in [3.8, 4) is 5.75 Å². The third kappa shape index (κ3) is 9.14. The van der Waals surface area contributed by atoms with Crippen molar-refractivity contribution in [1.29, 1.82) is 0 Å². The van der Waals surface area contributed by atoms with Gasteiger partial charge < -0.3 is 14.8 Å². The van der Waals surface area contributed by atoms with Crippen LogP contribution in [0.5, 0.6) is 5.75 Å². The van der Waals surface area contributed by atoms with E-state index in [1.807, 2.05) is 13.8 Å². The number of hydrogen-bond donors (Lipinski definition) is 2. The Morgan fingerprint density at radius 3 is 2.42 bits per heavy atom. The van der Waals surface area contributed by atoms with Crippen LogP contribution in [0.3, 0.4) is 0 Å². The second kappa shape index (κ2) is 10.6. The predicted octanol–water partition coefficient (Wildman–Crippen LogP) is 2.24. The molecule has 0 saturated carbocycles. The lowest BCUT2D eigenvalue weighted by Crippen LogP contribution is -2.42. The fourth-order valence-corrected chi connectivity index (χ4v) is 1.81. The number of esters is 1. The molecule has 7 nitrogen and oxygen atoms in total. The molecule has 1 aromatic carbocycles. The molecular formula is C16H21BrN2O5. The van der Waals surface area contributed by atoms with Crippen molar-refractivity contribution >= 4 is 33.8 Å². The van der Waals surface area contributed by atoms with Crippen molar-refractivity contribution in [2.24, 2.45) is 5.92 Å². The van der Waals surface area contributed by atoms with Crippen LogP contribution in [0, 0.1) is 5.92 Å². The summed E-state index contributed by atoms with van der Waals surface area (Å²) in [7, 11) is 0. The van der Waals surface area contributed by atoms with Gasteiger partial charge in [0.15, 0.2) is 13.2 Å². The monoisotopic (exact) mass is 400 g/mol. The van der Waals surface area contributed by atoms with E-state index in [1.54, 1.807) is 24.3 Å². The highest BCUT2D eigenvalue weighted by Gasteiger charge is 2.11. The Balaban J connectivity index is 2.17. The molecule has 0 spiro atoms. The Bertz CT molecular complexity index is 560. The van der Waals surface area contributed by atoms with Gasteiger partial charge in [0.2, 0.25) is 0 Å². The van der Waals surface area contributed by atoms with E-state index in [9.17, 15) is 14.4 Å². The van der Waals surface area contributed by atoms with Gasteiger partial charge in [0.05, 0.1) is 0 Å². The van der Waals surface area contributed by atoms with Crippen LogP contribution in [0.2, 0.25) is 0 Å². The van der Waals surface area contributed by atoms with E-state index in [-0.39, 0.29) is 6.61 Å². The first kappa shape index (κ1) is 20.0. The summed E-state index contributed by atoms with van der Waals surface area (Å²) in [5, 5.41) is 4.62. The number of carbonyl (C=O) groups is 3. The predicted molar refractivity (Wildman–Crippen MR) is 91.6 cm³/mol. The van der Waals surface area contributed by atoms with Gasteiger partial charge in [-0.15, -0.1) is 0 Å². The first-order chi connectivity index (χ1) is 11.4. The smallest absolute Gasteiger partial charge is 0.344 e. The van der Waals surface area contributed by atoms with Crippen LogP contribution in [0.4, 0.5) is 4.79 Å². The van der Waals surface area contributed by atoms with Gasteiger partial charge in [-0.2, -0.15) is 0 Å². The number of rotatable bonds is 8. The van der Waals surface area contributed by atoms with E-state index in [1.165, 1.54) is 0 Å². The zero-order valence-electron chi connectivity index (χ0n) is 13.6. The second-order valence-corrected chi connectivity index (χ2v) is 6.31. The van der Waals surface area contributed by atoms with Gasteiger partial charge in [-0.25, -0.2) is 9.59 Å². The van der Waals surface area contributed by atoms with Crippen molar-refractivity contribution < 1.29 is 23.9 Å². The van der Waals surface area contributed by atoms with E-state index in [0.717, 1.165) is 10.9 Å². The Labute approximate surface area is 149 Å². The molecule has 2 N–H and O–H groups in total. The van der Waals surface area contributed by atoms with Gasteiger partial charge in [-0.3, -0.25) is 10.1 Å². The minimum atomic E-state index is -0.701. The zero-order chi connectivity index (χ0) is 17.9. The molecule has 132 valence electrons. The standard InChI is InChI=1S/C16H21BrN2O5/c1-11(2)7-8-18-16(22)19-14(20)9-24-15(21)10-23-13-5-3-12(17)4-6-13/h3-6,11H,7-10H2,1-2H3,(H2,18,19,20,22). The summed E-state index contributed by atoms with van der Waals surface area (Å²) in [6, 6.07) is 6.30. The molecule has 0 heterocycles. The summed E-state index contributed by atoms with van der Waals surface area (Å²) in [6.07, 6.45) is 0.810. The minimum absolute atomic E-state index is 0.324. The van der Waals surface area contributed by atoms with E-state index < -0.39 is 24.5 Å². The summed E-state index contributed by atoms with van der Waals surface area (Å²) in [6.45, 7) is 3.66. The van der Waals surface area contributed by atoms with Crippen molar-refractivity contribution in [3.05, 3.63) is 28.7 Å². The first-order valence-corrected chi connectivity index (χ1v) is 8.27. The molecule has 8 heteroatoms. The molecule has 0 saturated heterocycles. The lowest BCUT2D eigenvalue weighted by atomic mass is 10.1. The molecule has 0 unspecified atom stereocenters. The molecule has 24 heavy (non-hydrogen) atoms. The number of urea groups is 1. The van der Waals surface area contributed by atoms with Gasteiger partial charge >= 0.3 is 12.0 Å². The minimum Gasteiger partial charge on any atom is -0.482 e. The van der Waals surface area contributed by atoms with Crippen LogP contribution in [0.25, 0.3) is 0 Å². The molecule has 0 aromatic heterocycles. The van der Waals surface area contributed by atoms with Gasteiger partial charge in [-0.05, 0) is 36.6 Å². The lowest BCUT2D eigenvalue weighted by molar-refractivity contribution is -0.150. The van der Waals surface area contributed by atoms with Gasteiger partial charge in [0.1, 0.15) is 5.75 Å². The number of ether oxygens (including phenoxy) is 2. The molecular weight excluding hydrogens is 380 g/mol. The molecule has 0 bridgehead atoms. The number of hydrogen-bond acceptors (Lipinski definition) is 5. The molecule has 0 aliphatic rings. The molecule has 0 atom stereocenters. The number of amides is 3. The number of carbonyl (C=O) groups excluding carboxylic acids is 3. The van der Waals surface area contributed by atoms with E-state index in [0.29, 0.717) is 18.2 Å². The quantitative estimate of drug-likeness (QED) is 0.652. The third-order valence-corrected chi connectivity index (χ3v) is 3.32. The first-order valence-electron chi connectivity index (χ1n) is 7.48. The SMILES string of the molecule is CC(C)CCNC(=O)NC(=O)COC(=O)COc1ccc(Br)cc1. The van der Waals surface area contributed by atoms with E-state index >= 15 is 0 Å². The summed E-state index contributed by atoms with van der Waals surface area (Å²) < 4.78 is 10.8. The van der Waals surface area contributed by atoms with Gasteiger partial charge in [0.25, 0.3) is 5.91 Å². The molecule has 3 amide bonds. The summed E-state index contributed by atoms with van der Waals surface area (Å²) in [5.74, 6) is -0.445. The van der Waals surface area contributed by atoms with Crippen LogP contribution in [-0.2, 0) is 14.3 Å². The molecule has 0 radical (unpaired) electrons. The van der Waals surface area contributed by atoms with Crippen LogP contribution < -0.4 is 15.4 Å². The summed E-state index contributed by atoms with van der Waals surface area (Å²) in [5.41, 5.74) is 0. The average Bonchev–Trinajstić information content (AvgIpc) is 2.52. The van der Waals surface area contributed by atoms with Crippen LogP contribution in [-0.4, -0.2) is 37.7 Å². The molecule has 1 aromatic rings. The van der Waals surface area contributed by atoms with Crippen molar-refractivity contribution in [1.82, 2.24) is 10.6 Å². The summed E-state index contributed by atoms with van der Waals surface area (Å²) >= 11 is 3.28. The summed E-state index contributed by atoms with van der Waals surface area (Å²) in [4.78, 5) is 34.4. The number of nitrogens with one attached hydrogen (secondary N) is 2. The fourth-order valence-electron chi connectivity index (χ4n) is 1.54. The molecule has 0 aliphatic heterocycles. The van der Waals surface area contributed by atoms with E-state index in [2.05, 4.69) is 26.6 Å². The van der Waals surface area contributed by atoms with Crippen molar-refractivity contribution in [2.75, 3.05) is 19.8 Å². The van der Waals surface area contributed by atoms with Crippen LogP contribution in [0.15, 0.2) is 28.7 Å². The van der Waals surface area contributed by atoms with Crippen molar-refractivity contribution in [2.45, 2.75) is 20.3 Å². The maximum Gasteiger partial charge on any atom is 0.344 e. The highest BCUT2D eigenvalue weighted by Crippen LogP contribution is 2.15. The second-order valence-electron chi connectivity index (χ2n) is 5.39. The van der Waals surface area contributed by atoms with Crippen LogP contribution >= 0.6 is 15.9 Å². The Hall–Kier alpha value is -2.09. The van der Waals surface area contributed by atoms with Crippen molar-refractivity contribution in [3.63, 3.8) is 0 Å². The highest BCUT2D eigenvalue weighted by atomic mass is 79.9. The Morgan fingerprint density at radius 2 is 1.79 bits per heavy atom. The van der Waals surface area contributed by atoms with E-state index in [4.69, 9.17) is 9.47 Å². The maximum absolute atomic E-state index is 11.5. The topological polar surface area (TPSA) is 93.7 Å². The van der Waals surface area contributed by atoms with Gasteiger partial charge in [0, 0.05) is 11.0 Å². The molecule has 0 fully saturated rings. The Kier molecular flexibility index (Phi) is 8.85. The fraction of sp³-hybridized carbons (Fsp3) is 0.438. The number of benzene rings is 1. The average molecular weight is 401 g/mol. The number of halogens is 1. The number of imide groups is 1.